The van der Waals surface area contributed by atoms with Gasteiger partial charge in [0.1, 0.15) is 5.75 Å². The van der Waals surface area contributed by atoms with Crippen molar-refractivity contribution in [3.63, 3.8) is 0 Å². The number of hydrogen-bond acceptors (Lipinski definition) is 2. The number of ether oxygens (including phenoxy) is 1. The molecule has 2 rings (SSSR count). The highest BCUT2D eigenvalue weighted by Crippen LogP contribution is 2.38. The van der Waals surface area contributed by atoms with E-state index in [0.717, 1.165) is 5.56 Å². The predicted octanol–water partition coefficient (Wildman–Crippen LogP) is 5.45. The van der Waals surface area contributed by atoms with E-state index in [2.05, 4.69) is 40.6 Å². The molecule has 102 valence electrons. The molecule has 19 heavy (non-hydrogen) atoms. The molecule has 0 amide bonds. The first-order valence-corrected chi connectivity index (χ1v) is 7.46. The molecule has 1 heterocycles. The molecular formula is C14H13BrF2OS. The number of benzene rings is 1. The van der Waals surface area contributed by atoms with E-state index in [4.69, 9.17) is 0 Å². The van der Waals surface area contributed by atoms with Gasteiger partial charge in [0.25, 0.3) is 0 Å². The van der Waals surface area contributed by atoms with Crippen molar-refractivity contribution in [1.82, 2.24) is 0 Å². The van der Waals surface area contributed by atoms with E-state index in [-0.39, 0.29) is 10.6 Å². The lowest BCUT2D eigenvalue weighted by molar-refractivity contribution is -0.0498. The van der Waals surface area contributed by atoms with Crippen LogP contribution in [-0.4, -0.2) is 6.61 Å². The van der Waals surface area contributed by atoms with Crippen LogP contribution < -0.4 is 4.74 Å². The largest absolute Gasteiger partial charge is 0.435 e. The monoisotopic (exact) mass is 346 g/mol. The summed E-state index contributed by atoms with van der Waals surface area (Å²) in [5.74, 6) is 0.178. The number of hydrogen-bond donors (Lipinski definition) is 0. The van der Waals surface area contributed by atoms with E-state index in [9.17, 15) is 8.78 Å². The Morgan fingerprint density at radius 3 is 2.26 bits per heavy atom. The van der Waals surface area contributed by atoms with Gasteiger partial charge in [-0.1, -0.05) is 28.1 Å². The molecule has 0 aliphatic heterocycles. The van der Waals surface area contributed by atoms with Gasteiger partial charge in [-0.2, -0.15) is 8.78 Å². The van der Waals surface area contributed by atoms with Gasteiger partial charge in [0.2, 0.25) is 0 Å². The lowest BCUT2D eigenvalue weighted by atomic mass is 10.1. The number of halogens is 3. The van der Waals surface area contributed by atoms with Gasteiger partial charge < -0.3 is 4.74 Å². The summed E-state index contributed by atoms with van der Waals surface area (Å²) in [5.41, 5.74) is 2.25. The second-order valence-electron chi connectivity index (χ2n) is 4.21. The third-order valence-corrected chi connectivity index (χ3v) is 5.21. The third kappa shape index (κ3) is 3.54. The molecule has 1 nitrogen and oxygen atoms in total. The quantitative estimate of drug-likeness (QED) is 0.668. The molecule has 0 aliphatic rings. The Hall–Kier alpha value is -0.940. The topological polar surface area (TPSA) is 9.23 Å². The first-order valence-electron chi connectivity index (χ1n) is 5.73. The smallest absolute Gasteiger partial charge is 0.387 e. The summed E-state index contributed by atoms with van der Waals surface area (Å²) >= 11 is 5.39. The summed E-state index contributed by atoms with van der Waals surface area (Å²) < 4.78 is 28.5. The molecule has 0 fully saturated rings. The average molecular weight is 347 g/mol. The first-order chi connectivity index (χ1) is 8.97. The minimum atomic E-state index is -2.78. The van der Waals surface area contributed by atoms with E-state index in [1.54, 1.807) is 35.6 Å². The van der Waals surface area contributed by atoms with Crippen LogP contribution >= 0.6 is 27.3 Å². The highest BCUT2D eigenvalue weighted by molar-refractivity contribution is 9.09. The summed E-state index contributed by atoms with van der Waals surface area (Å²) in [6.45, 7) is 1.36. The molecule has 1 aromatic heterocycles. The van der Waals surface area contributed by atoms with Gasteiger partial charge in [-0.05, 0) is 43.2 Å². The van der Waals surface area contributed by atoms with E-state index >= 15 is 0 Å². The van der Waals surface area contributed by atoms with Crippen LogP contribution in [0.5, 0.6) is 5.75 Å². The SMILES string of the molecule is Cc1cc(C)c(C(Br)c2ccc(OC(F)F)cc2)s1. The molecular weight excluding hydrogens is 334 g/mol. The summed E-state index contributed by atoms with van der Waals surface area (Å²) in [6, 6.07) is 8.86. The van der Waals surface area contributed by atoms with Crippen molar-refractivity contribution in [3.05, 3.63) is 51.2 Å². The molecule has 2 aromatic rings. The second kappa shape index (κ2) is 6.01. The van der Waals surface area contributed by atoms with Crippen molar-refractivity contribution < 1.29 is 13.5 Å². The second-order valence-corrected chi connectivity index (χ2v) is 6.42. The zero-order valence-corrected chi connectivity index (χ0v) is 12.9. The minimum absolute atomic E-state index is 0.0757. The van der Waals surface area contributed by atoms with Gasteiger partial charge >= 0.3 is 6.61 Å². The van der Waals surface area contributed by atoms with E-state index in [1.165, 1.54) is 15.3 Å². The van der Waals surface area contributed by atoms with Gasteiger partial charge in [-0.3, -0.25) is 0 Å². The molecule has 0 saturated carbocycles. The fraction of sp³-hybridized carbons (Fsp3) is 0.286. The first kappa shape index (κ1) is 14.5. The fourth-order valence-corrected chi connectivity index (χ4v) is 3.87. The molecule has 0 N–H and O–H groups in total. The molecule has 1 aromatic carbocycles. The maximum Gasteiger partial charge on any atom is 0.387 e. The maximum atomic E-state index is 12.1. The standard InChI is InChI=1S/C14H13BrF2OS/c1-8-7-9(2)19-13(8)12(15)10-3-5-11(6-4-10)18-14(16)17/h3-7,12,14H,1-2H3. The highest BCUT2D eigenvalue weighted by Gasteiger charge is 2.15. The summed E-state index contributed by atoms with van der Waals surface area (Å²) in [7, 11) is 0. The number of rotatable bonds is 4. The molecule has 0 bridgehead atoms. The van der Waals surface area contributed by atoms with E-state index in [0.29, 0.717) is 0 Å². The lowest BCUT2D eigenvalue weighted by Crippen LogP contribution is -2.01. The van der Waals surface area contributed by atoms with Crippen molar-refractivity contribution in [2.24, 2.45) is 0 Å². The Balaban J connectivity index is 2.20. The van der Waals surface area contributed by atoms with Crippen LogP contribution in [0.15, 0.2) is 30.3 Å². The van der Waals surface area contributed by atoms with E-state index < -0.39 is 6.61 Å². The van der Waals surface area contributed by atoms with Crippen LogP contribution in [0.3, 0.4) is 0 Å². The van der Waals surface area contributed by atoms with Gasteiger partial charge in [0.15, 0.2) is 0 Å². The third-order valence-electron chi connectivity index (χ3n) is 2.71. The van der Waals surface area contributed by atoms with Crippen LogP contribution in [0.4, 0.5) is 8.78 Å². The predicted molar refractivity (Wildman–Crippen MR) is 77.6 cm³/mol. The molecule has 1 unspecified atom stereocenters. The summed E-state index contributed by atoms with van der Waals surface area (Å²) in [6.07, 6.45) is 0. The Morgan fingerprint density at radius 1 is 1.16 bits per heavy atom. The maximum absolute atomic E-state index is 12.1. The van der Waals surface area contributed by atoms with Gasteiger partial charge in [0.05, 0.1) is 4.83 Å². The highest BCUT2D eigenvalue weighted by atomic mass is 79.9. The normalized spacial score (nSPS) is 12.7. The Kier molecular flexibility index (Phi) is 4.58. The van der Waals surface area contributed by atoms with Crippen molar-refractivity contribution in [2.45, 2.75) is 25.3 Å². The average Bonchev–Trinajstić information content (AvgIpc) is 2.68. The van der Waals surface area contributed by atoms with Crippen LogP contribution in [0.2, 0.25) is 0 Å². The molecule has 0 radical (unpaired) electrons. The number of aryl methyl sites for hydroxylation is 2. The van der Waals surface area contributed by atoms with Crippen LogP contribution in [0.25, 0.3) is 0 Å². The van der Waals surface area contributed by atoms with Gasteiger partial charge in [0, 0.05) is 9.75 Å². The van der Waals surface area contributed by atoms with Crippen molar-refractivity contribution in [2.75, 3.05) is 0 Å². The molecule has 0 saturated heterocycles. The molecule has 1 atom stereocenters. The Bertz CT molecular complexity index is 551. The fourth-order valence-electron chi connectivity index (χ4n) is 1.88. The Labute approximate surface area is 123 Å². The summed E-state index contributed by atoms with van der Waals surface area (Å²) in [5, 5.41) is 0. The van der Waals surface area contributed by atoms with Crippen LogP contribution in [-0.2, 0) is 0 Å². The molecule has 0 spiro atoms. The van der Waals surface area contributed by atoms with E-state index in [1.807, 2.05) is 0 Å². The van der Waals surface area contributed by atoms with Crippen molar-refractivity contribution >= 4 is 27.3 Å². The minimum Gasteiger partial charge on any atom is -0.435 e. The zero-order valence-electron chi connectivity index (χ0n) is 10.5. The number of alkyl halides is 3. The number of thiophene rings is 1. The van der Waals surface area contributed by atoms with Crippen molar-refractivity contribution in [1.29, 1.82) is 0 Å². The zero-order chi connectivity index (χ0) is 14.0. The molecule has 0 aliphatic carbocycles. The lowest BCUT2D eigenvalue weighted by Gasteiger charge is -2.11. The van der Waals surface area contributed by atoms with Gasteiger partial charge in [-0.25, -0.2) is 0 Å². The molecule has 5 heteroatoms. The summed E-state index contributed by atoms with van der Waals surface area (Å²) in [4.78, 5) is 2.57. The van der Waals surface area contributed by atoms with Gasteiger partial charge in [-0.15, -0.1) is 11.3 Å². The van der Waals surface area contributed by atoms with Crippen molar-refractivity contribution in [3.8, 4) is 5.75 Å². The van der Waals surface area contributed by atoms with Crippen LogP contribution in [0, 0.1) is 13.8 Å². The Morgan fingerprint density at radius 2 is 1.79 bits per heavy atom. The van der Waals surface area contributed by atoms with Crippen LogP contribution in [0.1, 0.15) is 25.7 Å².